The normalized spacial score (nSPS) is 12.0. The Morgan fingerprint density at radius 1 is 0.971 bits per heavy atom. The lowest BCUT2D eigenvalue weighted by molar-refractivity contribution is -0.384. The predicted molar refractivity (Wildman–Crippen MR) is 135 cm³/mol. The van der Waals surface area contributed by atoms with E-state index in [1.807, 2.05) is 59.3 Å². The van der Waals surface area contributed by atoms with E-state index in [1.54, 1.807) is 31.5 Å². The third-order valence-corrected chi connectivity index (χ3v) is 6.43. The maximum Gasteiger partial charge on any atom is 0.344 e. The molecule has 0 fully saturated rings. The Morgan fingerprint density at radius 3 is 2.43 bits per heavy atom. The minimum atomic E-state index is -1.33. The van der Waals surface area contributed by atoms with Crippen LogP contribution in [0.3, 0.4) is 0 Å². The summed E-state index contributed by atoms with van der Waals surface area (Å²) >= 11 is -1.33. The second kappa shape index (κ2) is 9.21. The van der Waals surface area contributed by atoms with Crippen molar-refractivity contribution < 1.29 is 14.2 Å². The Labute approximate surface area is 204 Å². The maximum absolute atomic E-state index is 12.0. The second-order valence-electron chi connectivity index (χ2n) is 7.83. The molecule has 0 aliphatic rings. The van der Waals surface area contributed by atoms with Gasteiger partial charge in [-0.15, -0.1) is 0 Å². The first-order valence-corrected chi connectivity index (χ1v) is 12.2. The van der Waals surface area contributed by atoms with Gasteiger partial charge in [-0.25, -0.2) is 0 Å². The Morgan fingerprint density at radius 2 is 1.71 bits per heavy atom. The Hall–Kier alpha value is -4.21. The van der Waals surface area contributed by atoms with Crippen molar-refractivity contribution in [2.45, 2.75) is 5.16 Å². The van der Waals surface area contributed by atoms with Crippen LogP contribution in [0.5, 0.6) is 5.75 Å². The number of rotatable bonds is 6. The van der Waals surface area contributed by atoms with Crippen LogP contribution in [0.25, 0.3) is 39.0 Å². The minimum absolute atomic E-state index is 0.0303. The van der Waals surface area contributed by atoms with E-state index in [4.69, 9.17) is 4.74 Å². The van der Waals surface area contributed by atoms with Crippen molar-refractivity contribution in [3.8, 4) is 33.8 Å². The lowest BCUT2D eigenvalue weighted by Gasteiger charge is -2.08. The van der Waals surface area contributed by atoms with Crippen molar-refractivity contribution >= 4 is 27.8 Å². The molecule has 0 aliphatic heterocycles. The molecular weight excluding hydrogens is 464 g/mol. The van der Waals surface area contributed by atoms with Gasteiger partial charge in [0, 0.05) is 52.7 Å². The van der Waals surface area contributed by atoms with Crippen LogP contribution in [-0.4, -0.2) is 37.4 Å². The molecule has 5 aromatic rings. The average Bonchev–Trinajstić information content (AvgIpc) is 3.28. The van der Waals surface area contributed by atoms with Gasteiger partial charge >= 0.3 is 5.16 Å². The zero-order valence-corrected chi connectivity index (χ0v) is 19.7. The number of nitro benzene ring substituents is 1. The largest absolute Gasteiger partial charge is 0.609 e. The fourth-order valence-corrected chi connectivity index (χ4v) is 4.43. The van der Waals surface area contributed by atoms with Crippen molar-refractivity contribution in [1.82, 2.24) is 14.5 Å². The van der Waals surface area contributed by atoms with E-state index >= 15 is 0 Å². The highest BCUT2D eigenvalue weighted by Gasteiger charge is 2.17. The zero-order valence-electron chi connectivity index (χ0n) is 18.9. The van der Waals surface area contributed by atoms with Gasteiger partial charge in [0.15, 0.2) is 0 Å². The molecule has 1 atom stereocenters. The molecule has 0 radical (unpaired) electrons. The van der Waals surface area contributed by atoms with Gasteiger partial charge in [-0.3, -0.25) is 10.1 Å². The quantitative estimate of drug-likeness (QED) is 0.138. The number of nitro groups is 1. The summed E-state index contributed by atoms with van der Waals surface area (Å²) in [5, 5.41) is 12.5. The van der Waals surface area contributed by atoms with Crippen molar-refractivity contribution in [3.63, 3.8) is 0 Å². The van der Waals surface area contributed by atoms with Gasteiger partial charge in [0.25, 0.3) is 5.69 Å². The van der Waals surface area contributed by atoms with Crippen molar-refractivity contribution in [2.75, 3.05) is 13.4 Å². The van der Waals surface area contributed by atoms with Crippen LogP contribution in [0.4, 0.5) is 5.69 Å². The number of non-ortho nitro benzene ring substituents is 1. The molecule has 0 aliphatic carbocycles. The van der Waals surface area contributed by atoms with Crippen LogP contribution in [0.15, 0.2) is 90.3 Å². The van der Waals surface area contributed by atoms with Gasteiger partial charge in [-0.1, -0.05) is 36.4 Å². The summed E-state index contributed by atoms with van der Waals surface area (Å²) in [4.78, 5) is 19.5. The average molecular weight is 485 g/mol. The minimum Gasteiger partial charge on any atom is -0.609 e. The lowest BCUT2D eigenvalue weighted by atomic mass is 10.0. The Bertz CT molecular complexity index is 1550. The number of ether oxygens (including phenoxy) is 1. The highest BCUT2D eigenvalue weighted by molar-refractivity contribution is 7.90. The van der Waals surface area contributed by atoms with Crippen LogP contribution < -0.4 is 4.74 Å². The molecule has 5 rings (SSSR count). The van der Waals surface area contributed by atoms with Crippen LogP contribution in [-0.2, 0) is 11.2 Å². The van der Waals surface area contributed by atoms with E-state index in [0.29, 0.717) is 5.82 Å². The highest BCUT2D eigenvalue weighted by atomic mass is 32.2. The maximum atomic E-state index is 12.0. The highest BCUT2D eigenvalue weighted by Crippen LogP contribution is 2.36. The summed E-state index contributed by atoms with van der Waals surface area (Å²) in [5.41, 5.74) is 4.42. The standard InChI is InChI=1S/C26H20N4O4S/c1-34-21-9-6-17(7-10-21)23-16-29(25-12-13-27-26(28-25)35(2)33)24-15-19(8-11-22(23)24)18-4-3-5-20(14-18)30(31)32/h3-16H,1-2H3. The second-order valence-corrected chi connectivity index (χ2v) is 9.11. The smallest absolute Gasteiger partial charge is 0.344 e. The summed E-state index contributed by atoms with van der Waals surface area (Å²) in [7, 11) is 1.63. The van der Waals surface area contributed by atoms with E-state index in [-0.39, 0.29) is 10.8 Å². The van der Waals surface area contributed by atoms with E-state index in [0.717, 1.165) is 38.9 Å². The van der Waals surface area contributed by atoms with E-state index in [2.05, 4.69) is 9.97 Å². The van der Waals surface area contributed by atoms with Crippen LogP contribution in [0.1, 0.15) is 0 Å². The lowest BCUT2D eigenvalue weighted by Crippen LogP contribution is -2.06. The van der Waals surface area contributed by atoms with Crippen LogP contribution in [0.2, 0.25) is 0 Å². The molecule has 35 heavy (non-hydrogen) atoms. The fourth-order valence-electron chi connectivity index (χ4n) is 4.00. The van der Waals surface area contributed by atoms with Gasteiger partial charge in [0.1, 0.15) is 17.8 Å². The van der Waals surface area contributed by atoms with Crippen LogP contribution in [0, 0.1) is 10.1 Å². The monoisotopic (exact) mass is 484 g/mol. The Balaban J connectivity index is 1.73. The Kier molecular flexibility index (Phi) is 5.94. The molecular formula is C26H20N4O4S. The van der Waals surface area contributed by atoms with Gasteiger partial charge in [0.05, 0.1) is 17.5 Å². The molecule has 0 amide bonds. The SMILES string of the molecule is COc1ccc(-c2cn(-c3ccnc([S+](C)[O-])n3)c3cc(-c4cccc([N+](=O)[O-])c4)ccc23)cc1. The van der Waals surface area contributed by atoms with Crippen molar-refractivity contribution in [1.29, 1.82) is 0 Å². The first kappa shape index (κ1) is 22.6. The molecule has 2 heterocycles. The summed E-state index contributed by atoms with van der Waals surface area (Å²) in [6.45, 7) is 0. The number of hydrogen-bond donors (Lipinski definition) is 0. The molecule has 3 aromatic carbocycles. The van der Waals surface area contributed by atoms with E-state index < -0.39 is 16.1 Å². The first-order chi connectivity index (χ1) is 16.9. The predicted octanol–water partition coefficient (Wildman–Crippen LogP) is 5.41. The molecule has 2 aromatic heterocycles. The fraction of sp³-hybridized carbons (Fsp3) is 0.0769. The molecule has 9 heteroatoms. The molecule has 8 nitrogen and oxygen atoms in total. The third-order valence-electron chi connectivity index (χ3n) is 5.72. The number of fused-ring (bicyclic) bond motifs is 1. The third kappa shape index (κ3) is 4.34. The topological polar surface area (TPSA) is 106 Å². The zero-order chi connectivity index (χ0) is 24.5. The van der Waals surface area contributed by atoms with E-state index in [9.17, 15) is 14.7 Å². The summed E-state index contributed by atoms with van der Waals surface area (Å²) in [5.74, 6) is 1.34. The molecule has 0 bridgehead atoms. The van der Waals surface area contributed by atoms with Crippen LogP contribution >= 0.6 is 0 Å². The summed E-state index contributed by atoms with van der Waals surface area (Å²) in [6, 6.07) is 22.0. The van der Waals surface area contributed by atoms with Crippen molar-refractivity contribution in [3.05, 3.63) is 95.3 Å². The van der Waals surface area contributed by atoms with E-state index in [1.165, 1.54) is 12.3 Å². The molecule has 174 valence electrons. The van der Waals surface area contributed by atoms with Crippen molar-refractivity contribution in [2.24, 2.45) is 0 Å². The molecule has 0 spiro atoms. The number of benzene rings is 3. The summed E-state index contributed by atoms with van der Waals surface area (Å²) in [6.07, 6.45) is 5.10. The number of hydrogen-bond acceptors (Lipinski definition) is 6. The van der Waals surface area contributed by atoms with Gasteiger partial charge in [-0.2, -0.15) is 9.97 Å². The van der Waals surface area contributed by atoms with Gasteiger partial charge < -0.3 is 13.9 Å². The number of methoxy groups -OCH3 is 1. The molecule has 1 unspecified atom stereocenters. The first-order valence-electron chi connectivity index (χ1n) is 10.7. The molecule has 0 saturated heterocycles. The van der Waals surface area contributed by atoms with Gasteiger partial charge in [0.2, 0.25) is 0 Å². The van der Waals surface area contributed by atoms with Gasteiger partial charge in [-0.05, 0) is 34.9 Å². The molecule has 0 N–H and O–H groups in total. The number of aromatic nitrogens is 3. The summed E-state index contributed by atoms with van der Waals surface area (Å²) < 4.78 is 19.2. The number of nitrogens with zero attached hydrogens (tertiary/aromatic N) is 4. The molecule has 0 saturated carbocycles.